The number of aromatic nitrogens is 4. The average molecular weight is 312 g/mol. The average Bonchev–Trinajstić information content (AvgIpc) is 2.87. The molecule has 0 aliphatic rings. The van der Waals surface area contributed by atoms with Crippen molar-refractivity contribution in [2.24, 2.45) is 7.05 Å². The molecule has 0 fully saturated rings. The van der Waals surface area contributed by atoms with Gasteiger partial charge >= 0.3 is 0 Å². The van der Waals surface area contributed by atoms with Crippen molar-refractivity contribution in [2.45, 2.75) is 26.2 Å². The molecule has 0 saturated carbocycles. The summed E-state index contributed by atoms with van der Waals surface area (Å²) < 4.78 is 14.7. The Morgan fingerprint density at radius 3 is 2.39 bits per heavy atom. The number of ketones is 1. The van der Waals surface area contributed by atoms with Crippen LogP contribution in [-0.4, -0.2) is 25.5 Å². The monoisotopic (exact) mass is 312 g/mol. The fourth-order valence-corrected chi connectivity index (χ4v) is 2.27. The summed E-state index contributed by atoms with van der Waals surface area (Å²) in [4.78, 5) is 21.8. The third kappa shape index (κ3) is 2.72. The first-order valence-corrected chi connectivity index (χ1v) is 7.28. The zero-order chi connectivity index (χ0) is 16.8. The van der Waals surface area contributed by atoms with Crippen molar-refractivity contribution in [3.63, 3.8) is 0 Å². The van der Waals surface area contributed by atoms with E-state index in [2.05, 4.69) is 15.1 Å². The van der Waals surface area contributed by atoms with E-state index in [1.165, 1.54) is 24.3 Å². The van der Waals surface area contributed by atoms with Crippen molar-refractivity contribution in [3.05, 3.63) is 53.4 Å². The first-order chi connectivity index (χ1) is 10.8. The van der Waals surface area contributed by atoms with E-state index in [9.17, 15) is 9.18 Å². The van der Waals surface area contributed by atoms with Crippen LogP contribution in [-0.2, 0) is 12.5 Å². The molecule has 5 nitrogen and oxygen atoms in total. The van der Waals surface area contributed by atoms with Gasteiger partial charge in [-0.05, 0) is 24.3 Å². The Morgan fingerprint density at radius 2 is 1.78 bits per heavy atom. The second kappa shape index (κ2) is 5.22. The van der Waals surface area contributed by atoms with E-state index < -0.39 is 0 Å². The van der Waals surface area contributed by atoms with Crippen molar-refractivity contribution in [3.8, 4) is 0 Å². The Morgan fingerprint density at radius 1 is 1.13 bits per heavy atom. The molecule has 0 radical (unpaired) electrons. The van der Waals surface area contributed by atoms with E-state index in [1.54, 1.807) is 17.9 Å². The van der Waals surface area contributed by atoms with Crippen LogP contribution in [0.5, 0.6) is 0 Å². The number of carbonyl (C=O) groups excluding carboxylic acids is 1. The molecule has 3 aromatic rings. The molecule has 0 aliphatic heterocycles. The second-order valence-corrected chi connectivity index (χ2v) is 6.49. The van der Waals surface area contributed by atoms with Crippen LogP contribution in [0.1, 0.15) is 42.6 Å². The number of benzene rings is 1. The van der Waals surface area contributed by atoms with Crippen molar-refractivity contribution in [1.82, 2.24) is 19.7 Å². The maximum Gasteiger partial charge on any atom is 0.212 e. The van der Waals surface area contributed by atoms with Gasteiger partial charge in [-0.1, -0.05) is 20.8 Å². The van der Waals surface area contributed by atoms with Crippen LogP contribution >= 0.6 is 0 Å². The summed E-state index contributed by atoms with van der Waals surface area (Å²) in [7, 11) is 1.77. The maximum absolute atomic E-state index is 13.1. The van der Waals surface area contributed by atoms with Crippen molar-refractivity contribution >= 4 is 16.8 Å². The minimum atomic E-state index is -0.383. The zero-order valence-corrected chi connectivity index (χ0v) is 13.5. The smallest absolute Gasteiger partial charge is 0.212 e. The third-order valence-corrected chi connectivity index (χ3v) is 3.58. The number of halogens is 1. The quantitative estimate of drug-likeness (QED) is 0.682. The lowest BCUT2D eigenvalue weighted by atomic mass is 9.95. The van der Waals surface area contributed by atoms with Gasteiger partial charge in [0, 0.05) is 18.0 Å². The lowest BCUT2D eigenvalue weighted by Gasteiger charge is -2.17. The largest absolute Gasteiger partial charge is 0.287 e. The van der Waals surface area contributed by atoms with Gasteiger partial charge in [0.25, 0.3) is 0 Å². The van der Waals surface area contributed by atoms with Gasteiger partial charge < -0.3 is 0 Å². The highest BCUT2D eigenvalue weighted by atomic mass is 19.1. The predicted octanol–water partition coefficient (Wildman–Crippen LogP) is 3.03. The van der Waals surface area contributed by atoms with Gasteiger partial charge in [0.05, 0.1) is 11.6 Å². The van der Waals surface area contributed by atoms with E-state index in [-0.39, 0.29) is 17.0 Å². The van der Waals surface area contributed by atoms with Crippen molar-refractivity contribution in [2.75, 3.05) is 0 Å². The molecule has 2 aromatic heterocycles. The van der Waals surface area contributed by atoms with E-state index >= 15 is 0 Å². The van der Waals surface area contributed by atoms with E-state index in [0.29, 0.717) is 28.1 Å². The lowest BCUT2D eigenvalue weighted by molar-refractivity contribution is 0.103. The normalized spacial score (nSPS) is 11.9. The van der Waals surface area contributed by atoms with Crippen molar-refractivity contribution in [1.29, 1.82) is 0 Å². The van der Waals surface area contributed by atoms with Crippen LogP contribution in [0.2, 0.25) is 0 Å². The first kappa shape index (κ1) is 15.3. The van der Waals surface area contributed by atoms with Gasteiger partial charge in [0.1, 0.15) is 17.3 Å². The molecule has 118 valence electrons. The standard InChI is InChI=1S/C17H17FN4O/c1-17(2,3)16-20-13(12-9-19-22(4)15(12)21-16)14(23)10-5-7-11(18)8-6-10/h5-9H,1-4H3. The minimum Gasteiger partial charge on any atom is -0.287 e. The predicted molar refractivity (Wildman–Crippen MR) is 84.8 cm³/mol. The summed E-state index contributed by atoms with van der Waals surface area (Å²) in [5.41, 5.74) is 0.973. The van der Waals surface area contributed by atoms with E-state index in [1.807, 2.05) is 20.8 Å². The van der Waals surface area contributed by atoms with Crippen LogP contribution < -0.4 is 0 Å². The van der Waals surface area contributed by atoms with E-state index in [0.717, 1.165) is 0 Å². The highest BCUT2D eigenvalue weighted by Gasteiger charge is 2.24. The van der Waals surface area contributed by atoms with Gasteiger partial charge in [-0.2, -0.15) is 5.10 Å². The molecule has 0 atom stereocenters. The zero-order valence-electron chi connectivity index (χ0n) is 13.5. The van der Waals surface area contributed by atoms with Crippen LogP contribution in [0.3, 0.4) is 0 Å². The number of aryl methyl sites for hydroxylation is 1. The molecule has 3 rings (SSSR count). The second-order valence-electron chi connectivity index (χ2n) is 6.49. The molecular weight excluding hydrogens is 295 g/mol. The summed E-state index contributed by atoms with van der Waals surface area (Å²) in [6.07, 6.45) is 1.58. The summed E-state index contributed by atoms with van der Waals surface area (Å²) in [6, 6.07) is 5.44. The number of rotatable bonds is 2. The van der Waals surface area contributed by atoms with Crippen molar-refractivity contribution < 1.29 is 9.18 Å². The Labute approximate surface area is 133 Å². The Kier molecular flexibility index (Phi) is 3.47. The molecule has 0 bridgehead atoms. The van der Waals surface area contributed by atoms with Crippen LogP contribution in [0.15, 0.2) is 30.5 Å². The first-order valence-electron chi connectivity index (χ1n) is 7.28. The van der Waals surface area contributed by atoms with Gasteiger partial charge in [0.15, 0.2) is 5.65 Å². The molecule has 2 heterocycles. The Bertz CT molecular complexity index is 891. The fraction of sp³-hybridized carbons (Fsp3) is 0.294. The Hall–Kier alpha value is -2.63. The topological polar surface area (TPSA) is 60.7 Å². The maximum atomic E-state index is 13.1. The summed E-state index contributed by atoms with van der Waals surface area (Å²) in [5.74, 6) is -0.0823. The molecule has 6 heteroatoms. The van der Waals surface area contributed by atoms with Gasteiger partial charge in [0.2, 0.25) is 5.78 Å². The van der Waals surface area contributed by atoms with Gasteiger partial charge in [-0.15, -0.1) is 0 Å². The highest BCUT2D eigenvalue weighted by molar-refractivity contribution is 6.14. The number of hydrogen-bond donors (Lipinski definition) is 0. The molecule has 1 aromatic carbocycles. The van der Waals surface area contributed by atoms with Crippen LogP contribution in [0, 0.1) is 5.82 Å². The third-order valence-electron chi connectivity index (χ3n) is 3.58. The number of nitrogens with zero attached hydrogens (tertiary/aromatic N) is 4. The van der Waals surface area contributed by atoms with Crippen LogP contribution in [0.4, 0.5) is 4.39 Å². The minimum absolute atomic E-state index is 0.268. The summed E-state index contributed by atoms with van der Waals surface area (Å²) >= 11 is 0. The Balaban J connectivity index is 2.23. The molecule has 0 unspecified atom stereocenters. The fourth-order valence-electron chi connectivity index (χ4n) is 2.27. The number of carbonyl (C=O) groups is 1. The molecule has 0 saturated heterocycles. The summed E-state index contributed by atoms with van der Waals surface area (Å²) in [6.45, 7) is 5.95. The molecule has 0 spiro atoms. The lowest BCUT2D eigenvalue weighted by Crippen LogP contribution is -2.19. The summed E-state index contributed by atoms with van der Waals surface area (Å²) in [5, 5.41) is 4.76. The van der Waals surface area contributed by atoms with Crippen LogP contribution in [0.25, 0.3) is 11.0 Å². The number of hydrogen-bond acceptors (Lipinski definition) is 4. The highest BCUT2D eigenvalue weighted by Crippen LogP contribution is 2.24. The molecular formula is C17H17FN4O. The van der Waals surface area contributed by atoms with Gasteiger partial charge in [-0.25, -0.2) is 14.4 Å². The number of fused-ring (bicyclic) bond motifs is 1. The molecule has 0 amide bonds. The van der Waals surface area contributed by atoms with Gasteiger partial charge in [-0.3, -0.25) is 9.48 Å². The molecule has 0 aliphatic carbocycles. The SMILES string of the molecule is Cn1ncc2c(C(=O)c3ccc(F)cc3)nc(C(C)(C)C)nc21. The molecule has 0 N–H and O–H groups in total. The molecule has 23 heavy (non-hydrogen) atoms. The van der Waals surface area contributed by atoms with E-state index in [4.69, 9.17) is 0 Å².